The molecular weight excluding hydrogens is 747 g/mol. The van der Waals surface area contributed by atoms with E-state index < -0.39 is 0 Å². The molecule has 0 atom stereocenters. The molecule has 280 valence electrons. The van der Waals surface area contributed by atoms with E-state index in [0.29, 0.717) is 0 Å². The maximum Gasteiger partial charge on any atom is 0.0561 e. The lowest BCUT2D eigenvalue weighted by Gasteiger charge is -2.16. The molecule has 8 bridgehead atoms. The number of nitrogens with zero attached hydrogens (tertiary/aromatic N) is 3. The fraction of sp³-hybridized carbons (Fsp3) is 0. The molecular formula is C56H35N3S. The van der Waals surface area contributed by atoms with Crippen molar-refractivity contribution >= 4 is 108 Å². The van der Waals surface area contributed by atoms with E-state index in [0.717, 1.165) is 49.9 Å². The van der Waals surface area contributed by atoms with E-state index in [2.05, 4.69) is 226 Å². The summed E-state index contributed by atoms with van der Waals surface area (Å²) in [7, 11) is 0. The summed E-state index contributed by atoms with van der Waals surface area (Å²) in [4.78, 5) is 0. The van der Waals surface area contributed by atoms with Gasteiger partial charge in [-0.05, 0) is 129 Å². The van der Waals surface area contributed by atoms with E-state index in [1.165, 1.54) is 63.5 Å². The fourth-order valence-corrected chi connectivity index (χ4v) is 10.8. The van der Waals surface area contributed by atoms with Crippen molar-refractivity contribution in [3.05, 3.63) is 212 Å². The topological polar surface area (TPSA) is 14.8 Å². The number of hydrogen-bond donors (Lipinski definition) is 0. The van der Waals surface area contributed by atoms with Gasteiger partial charge in [0.1, 0.15) is 0 Å². The molecule has 3 aromatic heterocycles. The summed E-state index contributed by atoms with van der Waals surface area (Å²) in [5.41, 5.74) is 10.2. The van der Waals surface area contributed by atoms with E-state index in [1.807, 2.05) is 11.3 Å². The van der Waals surface area contributed by atoms with Crippen LogP contribution < -0.4 is 0 Å². The number of thiophene rings is 1. The zero-order valence-electron chi connectivity index (χ0n) is 32.5. The lowest BCUT2D eigenvalue weighted by Crippen LogP contribution is -1.99. The minimum atomic E-state index is 1.10. The Morgan fingerprint density at radius 3 is 1.48 bits per heavy atom. The van der Waals surface area contributed by atoms with Crippen LogP contribution in [-0.2, 0) is 0 Å². The molecule has 60 heavy (non-hydrogen) atoms. The summed E-state index contributed by atoms with van der Waals surface area (Å²) in [6, 6.07) is 78.6. The minimum absolute atomic E-state index is 1.10. The monoisotopic (exact) mass is 781 g/mol. The van der Waals surface area contributed by atoms with Crippen LogP contribution in [0.25, 0.3) is 113 Å². The Morgan fingerprint density at radius 2 is 0.783 bits per heavy atom. The van der Waals surface area contributed by atoms with Crippen molar-refractivity contribution in [1.82, 2.24) is 13.7 Å². The molecule has 0 unspecified atom stereocenters. The second kappa shape index (κ2) is 12.9. The van der Waals surface area contributed by atoms with E-state index in [9.17, 15) is 0 Å². The Kier molecular flexibility index (Phi) is 7.18. The molecule has 0 saturated heterocycles. The first-order valence-corrected chi connectivity index (χ1v) is 21.3. The smallest absolute Gasteiger partial charge is 0.0561 e. The van der Waals surface area contributed by atoms with Crippen molar-refractivity contribution in [2.45, 2.75) is 0 Å². The van der Waals surface area contributed by atoms with E-state index in [1.54, 1.807) is 0 Å². The summed E-state index contributed by atoms with van der Waals surface area (Å²) >= 11 is 1.86. The maximum atomic E-state index is 2.43. The first kappa shape index (κ1) is 33.3. The van der Waals surface area contributed by atoms with Gasteiger partial charge < -0.3 is 13.7 Å². The molecule has 0 amide bonds. The lowest BCUT2D eigenvalue weighted by molar-refractivity contribution is 1.14. The van der Waals surface area contributed by atoms with Crippen LogP contribution >= 0.6 is 11.3 Å². The van der Waals surface area contributed by atoms with Crippen LogP contribution in [0.3, 0.4) is 0 Å². The van der Waals surface area contributed by atoms with Crippen molar-refractivity contribution in [3.8, 4) is 17.1 Å². The number of fused-ring (bicyclic) bond motifs is 13. The highest BCUT2D eigenvalue weighted by Crippen LogP contribution is 2.38. The van der Waals surface area contributed by atoms with Crippen LogP contribution in [0.1, 0.15) is 0 Å². The molecule has 0 fully saturated rings. The van der Waals surface area contributed by atoms with Crippen LogP contribution in [0, 0.1) is 0 Å². The highest BCUT2D eigenvalue weighted by molar-refractivity contribution is 7.25. The van der Waals surface area contributed by atoms with Crippen molar-refractivity contribution in [3.63, 3.8) is 0 Å². The minimum Gasteiger partial charge on any atom is -0.310 e. The Bertz CT molecular complexity index is 3950. The second-order valence-electron chi connectivity index (χ2n) is 15.8. The zero-order chi connectivity index (χ0) is 39.3. The van der Waals surface area contributed by atoms with Crippen LogP contribution in [0.2, 0.25) is 0 Å². The summed E-state index contributed by atoms with van der Waals surface area (Å²) < 4.78 is 9.86. The molecule has 3 nitrogen and oxygen atoms in total. The molecule has 0 N–H and O–H groups in total. The van der Waals surface area contributed by atoms with Gasteiger partial charge in [-0.3, -0.25) is 0 Å². The third-order valence-corrected chi connectivity index (χ3v) is 13.5. The van der Waals surface area contributed by atoms with Gasteiger partial charge in [-0.15, -0.1) is 11.3 Å². The third kappa shape index (κ3) is 5.08. The largest absolute Gasteiger partial charge is 0.310 e. The zero-order valence-corrected chi connectivity index (χ0v) is 33.3. The van der Waals surface area contributed by atoms with Crippen LogP contribution in [0.15, 0.2) is 212 Å². The summed E-state index contributed by atoms with van der Waals surface area (Å²) in [6.45, 7) is 0. The molecule has 3 heterocycles. The SMILES string of the molecule is c1ccc(-n2c3ccccc3c3ccc(-n4c5cccc(c5)c5cccc(c5)n(-c5ccc6c(c5)sc5ccccc56)c5ccc6ccc7ccc4cc7c6c5)cc32)cc1. The van der Waals surface area contributed by atoms with E-state index >= 15 is 0 Å². The standard InChI is InChI=1S/C56H35N3S/c1-2-12-40(13-3-1)59-53-18-6-4-16-47(53)48-28-26-45(34-54(48)59)57-41-14-8-10-38(30-41)39-11-9-15-42(31-39)58(46-27-29-50-49-17-5-7-19-55(49)60-56(50)35-46)44-25-23-37-21-20-36-22-24-43(57)32-51(36)52(37)33-44/h1-35H. The van der Waals surface area contributed by atoms with Crippen LogP contribution in [-0.4, -0.2) is 13.7 Å². The third-order valence-electron chi connectivity index (χ3n) is 12.4. The van der Waals surface area contributed by atoms with Gasteiger partial charge >= 0.3 is 0 Å². The lowest BCUT2D eigenvalue weighted by atomic mass is 10.0. The van der Waals surface area contributed by atoms with Gasteiger partial charge in [0.05, 0.1) is 11.0 Å². The van der Waals surface area contributed by atoms with Gasteiger partial charge in [0.25, 0.3) is 0 Å². The molecule has 0 saturated carbocycles. The van der Waals surface area contributed by atoms with Gasteiger partial charge in [0, 0.05) is 70.1 Å². The van der Waals surface area contributed by atoms with Gasteiger partial charge in [-0.2, -0.15) is 0 Å². The Hall–Kier alpha value is -7.66. The number of hydrogen-bond acceptors (Lipinski definition) is 1. The first-order valence-electron chi connectivity index (χ1n) is 20.5. The second-order valence-corrected chi connectivity index (χ2v) is 16.9. The van der Waals surface area contributed by atoms with Crippen molar-refractivity contribution < 1.29 is 0 Å². The van der Waals surface area contributed by atoms with Crippen LogP contribution in [0.5, 0.6) is 0 Å². The highest BCUT2D eigenvalue weighted by Gasteiger charge is 2.15. The predicted molar refractivity (Wildman–Crippen MR) is 257 cm³/mol. The van der Waals surface area contributed by atoms with Gasteiger partial charge in [-0.25, -0.2) is 0 Å². The van der Waals surface area contributed by atoms with Gasteiger partial charge in [0.15, 0.2) is 0 Å². The van der Waals surface area contributed by atoms with Crippen molar-refractivity contribution in [2.24, 2.45) is 0 Å². The number of rotatable bonds is 3. The maximum absolute atomic E-state index is 2.43. The van der Waals surface area contributed by atoms with Gasteiger partial charge in [0.2, 0.25) is 0 Å². The predicted octanol–water partition coefficient (Wildman–Crippen LogP) is 15.6. The molecule has 0 spiro atoms. The highest BCUT2D eigenvalue weighted by atomic mass is 32.1. The summed E-state index contributed by atoms with van der Waals surface area (Å²) in [5.74, 6) is 0. The summed E-state index contributed by atoms with van der Waals surface area (Å²) in [6.07, 6.45) is 0. The van der Waals surface area contributed by atoms with E-state index in [4.69, 9.17) is 0 Å². The average Bonchev–Trinajstić information content (AvgIpc) is 3.84. The molecule has 0 radical (unpaired) electrons. The number of para-hydroxylation sites is 2. The molecule has 0 aliphatic carbocycles. The normalized spacial score (nSPS) is 12.0. The molecule has 13 aromatic rings. The average molecular weight is 782 g/mol. The Morgan fingerprint density at radius 1 is 0.250 bits per heavy atom. The van der Waals surface area contributed by atoms with Crippen molar-refractivity contribution in [1.29, 1.82) is 0 Å². The Balaban J connectivity index is 1.15. The molecule has 10 aromatic carbocycles. The quantitative estimate of drug-likeness (QED) is 0.159. The number of benzene rings is 10. The van der Waals surface area contributed by atoms with Crippen molar-refractivity contribution in [2.75, 3.05) is 0 Å². The Labute approximate surface area is 349 Å². The van der Waals surface area contributed by atoms with E-state index in [-0.39, 0.29) is 0 Å². The summed E-state index contributed by atoms with van der Waals surface area (Å²) in [5, 5.41) is 12.3. The first-order chi connectivity index (χ1) is 29.7. The van der Waals surface area contributed by atoms with Gasteiger partial charge in [-0.1, -0.05) is 115 Å². The number of aromatic nitrogens is 3. The molecule has 13 rings (SSSR count). The molecule has 0 aliphatic heterocycles. The molecule has 0 aliphatic rings. The van der Waals surface area contributed by atoms with Crippen LogP contribution in [0.4, 0.5) is 0 Å². The fourth-order valence-electron chi connectivity index (χ4n) is 9.65. The molecule has 4 heteroatoms.